The number of alkyl halides is 3. The summed E-state index contributed by atoms with van der Waals surface area (Å²) in [4.78, 5) is 12.6. The average molecular weight is 320 g/mol. The van der Waals surface area contributed by atoms with Gasteiger partial charge in [0.05, 0.1) is 0 Å². The van der Waals surface area contributed by atoms with Crippen LogP contribution in [0.2, 0.25) is 0 Å². The first-order valence-corrected chi connectivity index (χ1v) is 6.62. The number of halogens is 3. The molecule has 0 aliphatic carbocycles. The second-order valence-corrected chi connectivity index (χ2v) is 5.11. The molecule has 1 aromatic rings. The highest BCUT2D eigenvalue weighted by molar-refractivity contribution is 5.71. The number of nitrogens with zero attached hydrogens (tertiary/aromatic N) is 1. The van der Waals surface area contributed by atoms with Crippen LogP contribution in [-0.2, 0) is 6.42 Å². The van der Waals surface area contributed by atoms with E-state index in [2.05, 4.69) is 4.74 Å². The Hall–Kier alpha value is -1.96. The van der Waals surface area contributed by atoms with Gasteiger partial charge in [-0.2, -0.15) is 0 Å². The van der Waals surface area contributed by atoms with Gasteiger partial charge in [-0.05, 0) is 37.5 Å². The van der Waals surface area contributed by atoms with Crippen LogP contribution < -0.4 is 15.2 Å². The van der Waals surface area contributed by atoms with Crippen molar-refractivity contribution in [2.24, 2.45) is 5.73 Å². The maximum atomic E-state index is 12.5. The molecule has 1 atom stereocenters. The van der Waals surface area contributed by atoms with Crippen molar-refractivity contribution in [3.05, 3.63) is 23.8 Å². The summed E-state index contributed by atoms with van der Waals surface area (Å²) in [5, 5.41) is 0. The van der Waals surface area contributed by atoms with E-state index in [1.54, 1.807) is 13.0 Å². The Morgan fingerprint density at radius 1 is 1.32 bits per heavy atom. The molecule has 0 fully saturated rings. The molecule has 0 heterocycles. The molecule has 5 nitrogen and oxygen atoms in total. The Labute approximate surface area is 126 Å². The molecule has 0 aromatic heterocycles. The van der Waals surface area contributed by atoms with Crippen LogP contribution in [0.1, 0.15) is 18.9 Å². The predicted octanol–water partition coefficient (Wildman–Crippen LogP) is 2.93. The first kappa shape index (κ1) is 18.1. The van der Waals surface area contributed by atoms with Crippen LogP contribution in [0.3, 0.4) is 0 Å². The molecule has 1 rings (SSSR count). The van der Waals surface area contributed by atoms with Crippen molar-refractivity contribution in [3.8, 4) is 11.5 Å². The third-order valence-electron chi connectivity index (χ3n) is 2.68. The number of carbonyl (C=O) groups is 1. The number of amides is 1. The van der Waals surface area contributed by atoms with Crippen LogP contribution in [0.25, 0.3) is 0 Å². The van der Waals surface area contributed by atoms with Gasteiger partial charge < -0.3 is 20.1 Å². The molecule has 0 radical (unpaired) electrons. The normalized spacial score (nSPS) is 12.7. The third kappa shape index (κ3) is 6.21. The zero-order chi connectivity index (χ0) is 16.9. The smallest absolute Gasteiger partial charge is 0.406 e. The fourth-order valence-electron chi connectivity index (χ4n) is 1.58. The standard InChI is InChI=1S/C14H19F3N2O3/c1-9(18)4-5-10-6-7-11(21-13(20)19(2)3)12(8-10)22-14(15,16)17/h6-9H,4-5,18H2,1-3H3. The van der Waals surface area contributed by atoms with Gasteiger partial charge in [-0.1, -0.05) is 6.07 Å². The van der Waals surface area contributed by atoms with E-state index in [1.807, 2.05) is 0 Å². The van der Waals surface area contributed by atoms with Gasteiger partial charge in [-0.15, -0.1) is 13.2 Å². The summed E-state index contributed by atoms with van der Waals surface area (Å²) in [7, 11) is 2.84. The Balaban J connectivity index is 3.01. The van der Waals surface area contributed by atoms with Gasteiger partial charge in [-0.25, -0.2) is 4.79 Å². The number of benzene rings is 1. The largest absolute Gasteiger partial charge is 0.573 e. The number of aryl methyl sites for hydroxylation is 1. The highest BCUT2D eigenvalue weighted by atomic mass is 19.4. The van der Waals surface area contributed by atoms with Crippen molar-refractivity contribution in [2.75, 3.05) is 14.1 Å². The van der Waals surface area contributed by atoms with Crippen LogP contribution >= 0.6 is 0 Å². The molecule has 2 N–H and O–H groups in total. The fraction of sp³-hybridized carbons (Fsp3) is 0.500. The lowest BCUT2D eigenvalue weighted by Gasteiger charge is -2.16. The van der Waals surface area contributed by atoms with E-state index < -0.39 is 18.2 Å². The van der Waals surface area contributed by atoms with Crippen LogP contribution in [0, 0.1) is 0 Å². The summed E-state index contributed by atoms with van der Waals surface area (Å²) in [5.41, 5.74) is 6.24. The van der Waals surface area contributed by atoms with Crippen LogP contribution in [0.4, 0.5) is 18.0 Å². The minimum absolute atomic E-state index is 0.0711. The average Bonchev–Trinajstić information content (AvgIpc) is 2.36. The van der Waals surface area contributed by atoms with Crippen molar-refractivity contribution in [1.29, 1.82) is 0 Å². The summed E-state index contributed by atoms with van der Waals surface area (Å²) in [6.07, 6.45) is -4.56. The van der Waals surface area contributed by atoms with Gasteiger partial charge in [0.15, 0.2) is 11.5 Å². The van der Waals surface area contributed by atoms with E-state index in [-0.39, 0.29) is 11.8 Å². The monoisotopic (exact) mass is 320 g/mol. The summed E-state index contributed by atoms with van der Waals surface area (Å²) >= 11 is 0. The number of hydrogen-bond donors (Lipinski definition) is 1. The molecule has 0 saturated heterocycles. The maximum absolute atomic E-state index is 12.5. The molecule has 124 valence electrons. The molecular weight excluding hydrogens is 301 g/mol. The Morgan fingerprint density at radius 2 is 1.95 bits per heavy atom. The van der Waals surface area contributed by atoms with E-state index in [0.29, 0.717) is 18.4 Å². The van der Waals surface area contributed by atoms with Gasteiger partial charge >= 0.3 is 12.5 Å². The zero-order valence-electron chi connectivity index (χ0n) is 12.6. The zero-order valence-corrected chi connectivity index (χ0v) is 12.6. The van der Waals surface area contributed by atoms with Gasteiger partial charge in [-0.3, -0.25) is 0 Å². The lowest BCUT2D eigenvalue weighted by Crippen LogP contribution is -2.26. The second-order valence-electron chi connectivity index (χ2n) is 5.11. The van der Waals surface area contributed by atoms with Crippen molar-refractivity contribution in [2.45, 2.75) is 32.2 Å². The van der Waals surface area contributed by atoms with Gasteiger partial charge in [0, 0.05) is 20.1 Å². The summed E-state index contributed by atoms with van der Waals surface area (Å²) in [6.45, 7) is 1.81. The lowest BCUT2D eigenvalue weighted by molar-refractivity contribution is -0.275. The topological polar surface area (TPSA) is 64.8 Å². The molecule has 0 aliphatic rings. The fourth-order valence-corrected chi connectivity index (χ4v) is 1.58. The van der Waals surface area contributed by atoms with Crippen molar-refractivity contribution < 1.29 is 27.4 Å². The first-order chi connectivity index (χ1) is 10.1. The minimum Gasteiger partial charge on any atom is -0.406 e. The van der Waals surface area contributed by atoms with Crippen LogP contribution in [0.5, 0.6) is 11.5 Å². The molecule has 8 heteroatoms. The Morgan fingerprint density at radius 3 is 2.45 bits per heavy atom. The second kappa shape index (κ2) is 7.35. The number of hydrogen-bond acceptors (Lipinski definition) is 4. The summed E-state index contributed by atoms with van der Waals surface area (Å²) in [6, 6.07) is 3.98. The van der Waals surface area contributed by atoms with E-state index in [4.69, 9.17) is 10.5 Å². The number of carbonyl (C=O) groups excluding carboxylic acids is 1. The Kier molecular flexibility index (Phi) is 6.04. The molecule has 0 bridgehead atoms. The molecule has 0 aliphatic heterocycles. The molecule has 1 unspecified atom stereocenters. The number of ether oxygens (including phenoxy) is 2. The predicted molar refractivity (Wildman–Crippen MR) is 74.8 cm³/mol. The molecule has 1 amide bonds. The highest BCUT2D eigenvalue weighted by Gasteiger charge is 2.33. The minimum atomic E-state index is -4.88. The molecule has 1 aromatic carbocycles. The lowest BCUT2D eigenvalue weighted by atomic mass is 10.1. The first-order valence-electron chi connectivity index (χ1n) is 6.62. The number of nitrogens with two attached hydrogens (primary N) is 1. The van der Waals surface area contributed by atoms with E-state index in [9.17, 15) is 18.0 Å². The molecule has 0 spiro atoms. The maximum Gasteiger partial charge on any atom is 0.573 e. The van der Waals surface area contributed by atoms with Crippen LogP contribution in [0.15, 0.2) is 18.2 Å². The van der Waals surface area contributed by atoms with Crippen molar-refractivity contribution in [1.82, 2.24) is 4.90 Å². The highest BCUT2D eigenvalue weighted by Crippen LogP contribution is 2.33. The summed E-state index contributed by atoms with van der Waals surface area (Å²) < 4.78 is 46.2. The SMILES string of the molecule is CC(N)CCc1ccc(OC(=O)N(C)C)c(OC(F)(F)F)c1. The van der Waals surface area contributed by atoms with Gasteiger partial charge in [0.1, 0.15) is 0 Å². The van der Waals surface area contributed by atoms with Crippen LogP contribution in [-0.4, -0.2) is 37.5 Å². The van der Waals surface area contributed by atoms with Gasteiger partial charge in [0.2, 0.25) is 0 Å². The Bertz CT molecular complexity index is 517. The van der Waals surface area contributed by atoms with E-state index in [0.717, 1.165) is 4.90 Å². The quantitative estimate of drug-likeness (QED) is 0.906. The molecule has 22 heavy (non-hydrogen) atoms. The molecule has 0 saturated carbocycles. The summed E-state index contributed by atoms with van der Waals surface area (Å²) in [5.74, 6) is -0.842. The number of rotatable bonds is 5. The van der Waals surface area contributed by atoms with E-state index >= 15 is 0 Å². The van der Waals surface area contributed by atoms with E-state index in [1.165, 1.54) is 26.2 Å². The molecular formula is C14H19F3N2O3. The third-order valence-corrected chi connectivity index (χ3v) is 2.68. The van der Waals surface area contributed by atoms with Crippen molar-refractivity contribution >= 4 is 6.09 Å². The van der Waals surface area contributed by atoms with Gasteiger partial charge in [0.25, 0.3) is 0 Å². The van der Waals surface area contributed by atoms with Crippen molar-refractivity contribution in [3.63, 3.8) is 0 Å².